The highest BCUT2D eigenvalue weighted by Gasteiger charge is 2.22. The summed E-state index contributed by atoms with van der Waals surface area (Å²) in [7, 11) is 2.09. The van der Waals surface area contributed by atoms with Crippen molar-refractivity contribution in [2.45, 2.75) is 6.54 Å². The molecule has 1 saturated heterocycles. The first-order valence-electron chi connectivity index (χ1n) is 9.71. The second-order valence-electron chi connectivity index (χ2n) is 7.28. The van der Waals surface area contributed by atoms with E-state index in [1.165, 1.54) is 0 Å². The number of carbonyl (C=O) groups is 1. The van der Waals surface area contributed by atoms with Crippen LogP contribution in [-0.2, 0) is 6.54 Å². The van der Waals surface area contributed by atoms with Crippen LogP contribution in [0.2, 0.25) is 5.02 Å². The summed E-state index contributed by atoms with van der Waals surface area (Å²) in [4.78, 5) is 15.3. The number of halogens is 1. The summed E-state index contributed by atoms with van der Waals surface area (Å²) >= 11 is 6.31. The lowest BCUT2D eigenvalue weighted by Gasteiger charge is -2.32. The van der Waals surface area contributed by atoms with Crippen LogP contribution in [0.5, 0.6) is 0 Å². The fourth-order valence-corrected chi connectivity index (χ4v) is 3.60. The summed E-state index contributed by atoms with van der Waals surface area (Å²) in [5.41, 5.74) is 6.14. The number of likely N-dealkylation sites (N-methyl/N-ethyl adjacent to an activating group) is 1. The molecule has 0 radical (unpaired) electrons. The molecule has 7 heteroatoms. The molecule has 0 atom stereocenters. The number of hydrogen-bond acceptors (Lipinski definition) is 4. The minimum absolute atomic E-state index is 0.140. The van der Waals surface area contributed by atoms with E-state index in [0.29, 0.717) is 22.8 Å². The SMILES string of the molecule is CN1CCN(NC(=O)c2cn(Cc3ccccc3Cl)nc2-c2ccccc2)CC1. The Balaban J connectivity index is 1.61. The topological polar surface area (TPSA) is 53.4 Å². The highest BCUT2D eigenvalue weighted by Crippen LogP contribution is 2.23. The molecule has 0 saturated carbocycles. The van der Waals surface area contributed by atoms with Crippen LogP contribution in [0, 0.1) is 0 Å². The van der Waals surface area contributed by atoms with Gasteiger partial charge in [0.05, 0.1) is 12.1 Å². The summed E-state index contributed by atoms with van der Waals surface area (Å²) in [5.74, 6) is -0.140. The number of nitrogens with one attached hydrogen (secondary N) is 1. The van der Waals surface area contributed by atoms with Crippen LogP contribution >= 0.6 is 11.6 Å². The number of aromatic nitrogens is 2. The van der Waals surface area contributed by atoms with Crippen molar-refractivity contribution in [2.24, 2.45) is 0 Å². The average molecular weight is 410 g/mol. The number of hydrogen-bond donors (Lipinski definition) is 1. The Morgan fingerprint density at radius 3 is 2.45 bits per heavy atom. The maximum absolute atomic E-state index is 13.1. The molecular weight excluding hydrogens is 386 g/mol. The van der Waals surface area contributed by atoms with Crippen molar-refractivity contribution in [3.8, 4) is 11.3 Å². The molecule has 2 heterocycles. The first-order chi connectivity index (χ1) is 14.1. The molecular formula is C22H24ClN5O. The van der Waals surface area contributed by atoms with Crippen LogP contribution in [0.3, 0.4) is 0 Å². The van der Waals surface area contributed by atoms with Gasteiger partial charge in [-0.15, -0.1) is 0 Å². The van der Waals surface area contributed by atoms with E-state index in [1.807, 2.05) is 59.6 Å². The van der Waals surface area contributed by atoms with Crippen molar-refractivity contribution in [2.75, 3.05) is 33.2 Å². The lowest BCUT2D eigenvalue weighted by molar-refractivity contribution is 0.0663. The van der Waals surface area contributed by atoms with Crippen LogP contribution < -0.4 is 5.43 Å². The van der Waals surface area contributed by atoms with Crippen molar-refractivity contribution in [3.05, 3.63) is 76.9 Å². The van der Waals surface area contributed by atoms with E-state index >= 15 is 0 Å². The summed E-state index contributed by atoms with van der Waals surface area (Å²) in [6.45, 7) is 3.96. The van der Waals surface area contributed by atoms with Crippen molar-refractivity contribution in [1.29, 1.82) is 0 Å². The van der Waals surface area contributed by atoms with Crippen LogP contribution in [0.15, 0.2) is 60.8 Å². The Kier molecular flexibility index (Phi) is 5.94. The number of rotatable bonds is 5. The Bertz CT molecular complexity index is 980. The second kappa shape index (κ2) is 8.78. The molecule has 0 bridgehead atoms. The van der Waals surface area contributed by atoms with E-state index in [0.717, 1.165) is 37.3 Å². The molecule has 1 aliphatic rings. The highest BCUT2D eigenvalue weighted by molar-refractivity contribution is 6.31. The number of amides is 1. The van der Waals surface area contributed by atoms with E-state index in [-0.39, 0.29) is 5.91 Å². The summed E-state index contributed by atoms with van der Waals surface area (Å²) in [5, 5.41) is 7.38. The largest absolute Gasteiger partial charge is 0.304 e. The van der Waals surface area contributed by atoms with Gasteiger partial charge in [0.25, 0.3) is 5.91 Å². The van der Waals surface area contributed by atoms with E-state index in [1.54, 1.807) is 10.9 Å². The fraction of sp³-hybridized carbons (Fsp3) is 0.273. The number of piperazine rings is 1. The van der Waals surface area contributed by atoms with Gasteiger partial charge in [0, 0.05) is 43.0 Å². The zero-order chi connectivity index (χ0) is 20.2. The molecule has 1 amide bonds. The smallest absolute Gasteiger partial charge is 0.269 e. The maximum Gasteiger partial charge on any atom is 0.269 e. The van der Waals surface area contributed by atoms with Crippen LogP contribution in [-0.4, -0.2) is 58.8 Å². The number of hydrazine groups is 1. The normalized spacial score (nSPS) is 15.4. The van der Waals surface area contributed by atoms with E-state index in [4.69, 9.17) is 16.7 Å². The zero-order valence-corrected chi connectivity index (χ0v) is 17.1. The molecule has 0 aliphatic carbocycles. The maximum atomic E-state index is 13.1. The van der Waals surface area contributed by atoms with Gasteiger partial charge in [-0.1, -0.05) is 60.1 Å². The molecule has 6 nitrogen and oxygen atoms in total. The molecule has 1 N–H and O–H groups in total. The van der Waals surface area contributed by atoms with Gasteiger partial charge in [-0.2, -0.15) is 5.10 Å². The predicted molar refractivity (Wildman–Crippen MR) is 115 cm³/mol. The fourth-order valence-electron chi connectivity index (χ4n) is 3.40. The van der Waals surface area contributed by atoms with Crippen molar-refractivity contribution >= 4 is 17.5 Å². The van der Waals surface area contributed by atoms with E-state index in [2.05, 4.69) is 17.4 Å². The predicted octanol–water partition coefficient (Wildman–Crippen LogP) is 3.14. The minimum Gasteiger partial charge on any atom is -0.304 e. The molecule has 29 heavy (non-hydrogen) atoms. The van der Waals surface area contributed by atoms with Gasteiger partial charge in [0.15, 0.2) is 0 Å². The lowest BCUT2D eigenvalue weighted by atomic mass is 10.1. The van der Waals surface area contributed by atoms with Gasteiger partial charge < -0.3 is 4.90 Å². The van der Waals surface area contributed by atoms with Gasteiger partial charge >= 0.3 is 0 Å². The molecule has 0 spiro atoms. The molecule has 3 aromatic rings. The molecule has 1 aliphatic heterocycles. The third-order valence-corrected chi connectivity index (χ3v) is 5.48. The number of benzene rings is 2. The molecule has 1 fully saturated rings. The monoisotopic (exact) mass is 409 g/mol. The average Bonchev–Trinajstić information content (AvgIpc) is 3.16. The molecule has 150 valence electrons. The lowest BCUT2D eigenvalue weighted by Crippen LogP contribution is -2.52. The summed E-state index contributed by atoms with van der Waals surface area (Å²) in [6, 6.07) is 17.5. The summed E-state index contributed by atoms with van der Waals surface area (Å²) < 4.78 is 1.78. The molecule has 1 aromatic heterocycles. The summed E-state index contributed by atoms with van der Waals surface area (Å²) in [6.07, 6.45) is 1.80. The van der Waals surface area contributed by atoms with Gasteiger partial charge in [-0.3, -0.25) is 14.9 Å². The van der Waals surface area contributed by atoms with E-state index in [9.17, 15) is 4.79 Å². The minimum atomic E-state index is -0.140. The molecule has 4 rings (SSSR count). The Morgan fingerprint density at radius 2 is 1.72 bits per heavy atom. The quantitative estimate of drug-likeness (QED) is 0.703. The van der Waals surface area contributed by atoms with Crippen LogP contribution in [0.4, 0.5) is 0 Å². The molecule has 2 aromatic carbocycles. The van der Waals surface area contributed by atoms with Crippen molar-refractivity contribution in [3.63, 3.8) is 0 Å². The third-order valence-electron chi connectivity index (χ3n) is 5.11. The zero-order valence-electron chi connectivity index (χ0n) is 16.4. The highest BCUT2D eigenvalue weighted by atomic mass is 35.5. The van der Waals surface area contributed by atoms with Gasteiger partial charge in [0.1, 0.15) is 5.69 Å². The van der Waals surface area contributed by atoms with Crippen LogP contribution in [0.1, 0.15) is 15.9 Å². The number of nitrogens with zero attached hydrogens (tertiary/aromatic N) is 4. The van der Waals surface area contributed by atoms with Gasteiger partial charge in [0.2, 0.25) is 0 Å². The Morgan fingerprint density at radius 1 is 1.03 bits per heavy atom. The van der Waals surface area contributed by atoms with E-state index < -0.39 is 0 Å². The second-order valence-corrected chi connectivity index (χ2v) is 7.68. The molecule has 0 unspecified atom stereocenters. The van der Waals surface area contributed by atoms with Gasteiger partial charge in [-0.05, 0) is 18.7 Å². The Hall–Kier alpha value is -2.67. The van der Waals surface area contributed by atoms with Crippen molar-refractivity contribution in [1.82, 2.24) is 25.1 Å². The standard InChI is InChI=1S/C22H24ClN5O/c1-26-11-13-27(14-12-26)25-22(29)19-16-28(15-18-9-5-6-10-20(18)23)24-21(19)17-7-3-2-4-8-17/h2-10,16H,11-15H2,1H3,(H,25,29). The first kappa shape index (κ1) is 19.6. The third kappa shape index (κ3) is 4.67. The van der Waals surface area contributed by atoms with Crippen LogP contribution in [0.25, 0.3) is 11.3 Å². The van der Waals surface area contributed by atoms with Gasteiger partial charge in [-0.25, -0.2) is 5.01 Å². The first-order valence-corrected chi connectivity index (χ1v) is 10.1. The number of carbonyl (C=O) groups excluding carboxylic acids is 1. The van der Waals surface area contributed by atoms with Crippen molar-refractivity contribution < 1.29 is 4.79 Å². The Labute approximate surface area is 175 Å².